The van der Waals surface area contributed by atoms with E-state index in [-0.39, 0.29) is 35.0 Å². The number of fused-ring (bicyclic) bond motifs is 1. The zero-order chi connectivity index (χ0) is 24.3. The van der Waals surface area contributed by atoms with Crippen LogP contribution in [-0.2, 0) is 10.0 Å². The number of halogens is 1. The van der Waals surface area contributed by atoms with Crippen molar-refractivity contribution < 1.29 is 23.1 Å². The third kappa shape index (κ3) is 4.54. The molecule has 4 rings (SSSR count). The number of aliphatic hydroxyl groups is 1. The number of rotatable bonds is 8. The van der Waals surface area contributed by atoms with Crippen molar-refractivity contribution >= 4 is 43.2 Å². The number of hydrogen-bond donors (Lipinski definition) is 2. The van der Waals surface area contributed by atoms with E-state index in [1.54, 1.807) is 72.8 Å². The van der Waals surface area contributed by atoms with Gasteiger partial charge in [-0.05, 0) is 18.2 Å². The summed E-state index contributed by atoms with van der Waals surface area (Å²) in [6, 6.07) is 21.1. The second-order valence-electron chi connectivity index (χ2n) is 7.51. The Bertz CT molecular complexity index is 1370. The standard InChI is InChI=1S/C25H21BrN2O5S/c26-19-12-10-17(11-13-19)21(30)16-28-24(25(31)18-6-2-1-3-7-18)23(27-14-15-29)20-8-4-5-9-22(20)34(28,32)33/h1-13,27,29H,14-16H2. The minimum atomic E-state index is -4.23. The molecular weight excluding hydrogens is 520 g/mol. The number of ketones is 2. The first-order valence-electron chi connectivity index (χ1n) is 10.4. The van der Waals surface area contributed by atoms with Gasteiger partial charge in [0.25, 0.3) is 10.0 Å². The molecule has 0 saturated heterocycles. The Hall–Kier alpha value is -3.27. The van der Waals surface area contributed by atoms with Gasteiger partial charge in [0.2, 0.25) is 5.78 Å². The van der Waals surface area contributed by atoms with Gasteiger partial charge in [-0.3, -0.25) is 13.9 Å². The molecule has 1 aliphatic heterocycles. The van der Waals surface area contributed by atoms with E-state index in [0.717, 1.165) is 8.78 Å². The summed E-state index contributed by atoms with van der Waals surface area (Å²) < 4.78 is 29.0. The van der Waals surface area contributed by atoms with Crippen LogP contribution in [0.25, 0.3) is 5.70 Å². The highest BCUT2D eigenvalue weighted by molar-refractivity contribution is 9.10. The van der Waals surface area contributed by atoms with E-state index in [1.165, 1.54) is 6.07 Å². The van der Waals surface area contributed by atoms with Crippen LogP contribution < -0.4 is 5.32 Å². The summed E-state index contributed by atoms with van der Waals surface area (Å²) in [4.78, 5) is 26.8. The second-order valence-corrected chi connectivity index (χ2v) is 10.3. The SMILES string of the molecule is O=C(CN1C(C(=O)c2ccccc2)=C(NCCO)c2ccccc2S1(=O)=O)c1ccc(Br)cc1. The smallest absolute Gasteiger partial charge is 0.265 e. The first-order valence-corrected chi connectivity index (χ1v) is 12.7. The van der Waals surface area contributed by atoms with Crippen molar-refractivity contribution in [2.45, 2.75) is 4.90 Å². The summed E-state index contributed by atoms with van der Waals surface area (Å²) in [5.74, 6) is -1.02. The highest BCUT2D eigenvalue weighted by Crippen LogP contribution is 2.37. The maximum absolute atomic E-state index is 13.7. The van der Waals surface area contributed by atoms with Crippen LogP contribution in [0.2, 0.25) is 0 Å². The molecule has 0 atom stereocenters. The number of carbonyl (C=O) groups is 2. The maximum atomic E-state index is 13.7. The number of hydrogen-bond acceptors (Lipinski definition) is 6. The van der Waals surface area contributed by atoms with Crippen LogP contribution in [0, 0.1) is 0 Å². The Morgan fingerprint density at radius 2 is 1.53 bits per heavy atom. The van der Waals surface area contributed by atoms with Crippen molar-refractivity contribution in [2.75, 3.05) is 19.7 Å². The Labute approximate surface area is 205 Å². The zero-order valence-corrected chi connectivity index (χ0v) is 20.3. The number of allylic oxidation sites excluding steroid dienone is 1. The van der Waals surface area contributed by atoms with Crippen LogP contribution in [0.15, 0.2) is 93.9 Å². The number of sulfonamides is 1. The normalized spacial score (nSPS) is 14.5. The van der Waals surface area contributed by atoms with E-state index in [1.807, 2.05) is 0 Å². The molecular formula is C25H21BrN2O5S. The van der Waals surface area contributed by atoms with Crippen LogP contribution in [0.1, 0.15) is 26.3 Å². The van der Waals surface area contributed by atoms with Crippen molar-refractivity contribution in [3.8, 4) is 0 Å². The van der Waals surface area contributed by atoms with E-state index in [2.05, 4.69) is 21.2 Å². The summed E-state index contributed by atoms with van der Waals surface area (Å²) >= 11 is 3.32. The Morgan fingerprint density at radius 3 is 2.21 bits per heavy atom. The molecule has 0 radical (unpaired) electrons. The van der Waals surface area contributed by atoms with Gasteiger partial charge in [-0.25, -0.2) is 8.42 Å². The molecule has 34 heavy (non-hydrogen) atoms. The van der Waals surface area contributed by atoms with E-state index in [9.17, 15) is 23.1 Å². The summed E-state index contributed by atoms with van der Waals surface area (Å²) in [7, 11) is -4.23. The fourth-order valence-corrected chi connectivity index (χ4v) is 5.63. The monoisotopic (exact) mass is 540 g/mol. The summed E-state index contributed by atoms with van der Waals surface area (Å²) in [5.41, 5.74) is 0.980. The van der Waals surface area contributed by atoms with Crippen LogP contribution in [0.4, 0.5) is 0 Å². The number of nitrogens with zero attached hydrogens (tertiary/aromatic N) is 1. The van der Waals surface area contributed by atoms with Crippen molar-refractivity contribution in [2.24, 2.45) is 0 Å². The second kappa shape index (κ2) is 9.92. The first kappa shape index (κ1) is 23.9. The van der Waals surface area contributed by atoms with Gasteiger partial charge >= 0.3 is 0 Å². The van der Waals surface area contributed by atoms with Crippen molar-refractivity contribution in [3.63, 3.8) is 0 Å². The van der Waals surface area contributed by atoms with Crippen LogP contribution >= 0.6 is 15.9 Å². The fourth-order valence-electron chi connectivity index (χ4n) is 3.72. The molecule has 9 heteroatoms. The van der Waals surface area contributed by atoms with Crippen molar-refractivity contribution in [1.82, 2.24) is 9.62 Å². The molecule has 1 aliphatic rings. The van der Waals surface area contributed by atoms with Gasteiger partial charge in [0, 0.05) is 27.7 Å². The summed E-state index contributed by atoms with van der Waals surface area (Å²) in [6.45, 7) is -0.705. The molecule has 3 aromatic carbocycles. The van der Waals surface area contributed by atoms with Crippen molar-refractivity contribution in [1.29, 1.82) is 0 Å². The highest BCUT2D eigenvalue weighted by atomic mass is 79.9. The van der Waals surface area contributed by atoms with Gasteiger partial charge in [0.05, 0.1) is 23.7 Å². The number of carbonyl (C=O) groups excluding carboxylic acids is 2. The topological polar surface area (TPSA) is 104 Å². The average Bonchev–Trinajstić information content (AvgIpc) is 2.85. The quantitative estimate of drug-likeness (QED) is 0.424. The molecule has 0 aromatic heterocycles. The predicted octanol–water partition coefficient (Wildman–Crippen LogP) is 3.47. The Kier molecular flexibility index (Phi) is 6.97. The molecule has 174 valence electrons. The predicted molar refractivity (Wildman–Crippen MR) is 132 cm³/mol. The van der Waals surface area contributed by atoms with Crippen LogP contribution in [0.3, 0.4) is 0 Å². The molecule has 0 aliphatic carbocycles. The lowest BCUT2D eigenvalue weighted by atomic mass is 10.0. The third-order valence-corrected chi connectivity index (χ3v) is 7.66. The van der Waals surface area contributed by atoms with Gasteiger partial charge in [-0.1, -0.05) is 76.6 Å². The molecule has 7 nitrogen and oxygen atoms in total. The van der Waals surface area contributed by atoms with Crippen LogP contribution in [-0.4, -0.2) is 49.1 Å². The minimum Gasteiger partial charge on any atom is -0.395 e. The minimum absolute atomic E-state index is 0.0244. The average molecular weight is 541 g/mol. The molecule has 1 heterocycles. The third-order valence-electron chi connectivity index (χ3n) is 5.33. The number of nitrogens with one attached hydrogen (secondary N) is 1. The molecule has 0 amide bonds. The molecule has 2 N–H and O–H groups in total. The van der Waals surface area contributed by atoms with E-state index < -0.39 is 28.1 Å². The van der Waals surface area contributed by atoms with Crippen molar-refractivity contribution in [3.05, 3.63) is 106 Å². The van der Waals surface area contributed by atoms with Gasteiger partial charge in [0.1, 0.15) is 5.70 Å². The largest absolute Gasteiger partial charge is 0.395 e. The lowest BCUT2D eigenvalue weighted by molar-refractivity contribution is 0.0957. The number of Topliss-reactive ketones (excluding diaryl/α,β-unsaturated/α-hetero) is 2. The van der Waals surface area contributed by atoms with E-state index >= 15 is 0 Å². The maximum Gasteiger partial charge on any atom is 0.265 e. The fraction of sp³-hybridized carbons (Fsp3) is 0.120. The van der Waals surface area contributed by atoms with Gasteiger partial charge in [-0.2, -0.15) is 0 Å². The molecule has 0 fully saturated rings. The molecule has 0 unspecified atom stereocenters. The zero-order valence-electron chi connectivity index (χ0n) is 17.9. The molecule has 0 bridgehead atoms. The first-order chi connectivity index (χ1) is 16.3. The summed E-state index contributed by atoms with van der Waals surface area (Å²) in [6.07, 6.45) is 0. The molecule has 0 saturated carbocycles. The Morgan fingerprint density at radius 1 is 0.882 bits per heavy atom. The summed E-state index contributed by atoms with van der Waals surface area (Å²) in [5, 5.41) is 12.4. The molecule has 0 spiro atoms. The lowest BCUT2D eigenvalue weighted by Crippen LogP contribution is -2.43. The van der Waals surface area contributed by atoms with Gasteiger partial charge in [-0.15, -0.1) is 0 Å². The van der Waals surface area contributed by atoms with Crippen LogP contribution in [0.5, 0.6) is 0 Å². The highest BCUT2D eigenvalue weighted by Gasteiger charge is 2.41. The number of aliphatic hydroxyl groups excluding tert-OH is 1. The van der Waals surface area contributed by atoms with E-state index in [0.29, 0.717) is 11.1 Å². The van der Waals surface area contributed by atoms with Gasteiger partial charge < -0.3 is 10.4 Å². The Balaban J connectivity index is 1.91. The van der Waals surface area contributed by atoms with E-state index in [4.69, 9.17) is 0 Å². The van der Waals surface area contributed by atoms with Gasteiger partial charge in [0.15, 0.2) is 5.78 Å². The number of benzene rings is 3. The molecule has 3 aromatic rings. The lowest BCUT2D eigenvalue weighted by Gasteiger charge is -2.33.